The zero-order chi connectivity index (χ0) is 28.6. The number of amides is 5. The number of benzene rings is 2. The highest BCUT2D eigenvalue weighted by molar-refractivity contribution is 6.02. The van der Waals surface area contributed by atoms with Crippen LogP contribution in [0.5, 0.6) is 5.75 Å². The number of carboxylic acid groups (broad SMARTS) is 1. The van der Waals surface area contributed by atoms with Gasteiger partial charge in [-0.05, 0) is 68.4 Å². The Bertz CT molecular complexity index is 1240. The van der Waals surface area contributed by atoms with Crippen molar-refractivity contribution in [2.45, 2.75) is 32.6 Å². The minimum Gasteiger partial charge on any atom is -0.495 e. The lowest BCUT2D eigenvalue weighted by molar-refractivity contribution is -0.143. The van der Waals surface area contributed by atoms with Crippen LogP contribution in [-0.2, 0) is 4.79 Å². The third-order valence-electron chi connectivity index (χ3n) is 7.57. The molecule has 2 aromatic carbocycles. The Hall–Kier alpha value is -4.28. The number of nitrogens with zero attached hydrogens (tertiary/aromatic N) is 2. The number of urea groups is 2. The molecule has 0 radical (unpaired) electrons. The number of likely N-dealkylation sites (tertiary alicyclic amines) is 2. The van der Waals surface area contributed by atoms with E-state index in [4.69, 9.17) is 9.84 Å². The highest BCUT2D eigenvalue weighted by Crippen LogP contribution is 2.28. The van der Waals surface area contributed by atoms with E-state index in [0.29, 0.717) is 68.3 Å². The first kappa shape index (κ1) is 28.7. The van der Waals surface area contributed by atoms with E-state index in [9.17, 15) is 19.2 Å². The lowest BCUT2D eigenvalue weighted by Crippen LogP contribution is -2.48. The van der Waals surface area contributed by atoms with Gasteiger partial charge >= 0.3 is 18.0 Å². The van der Waals surface area contributed by atoms with Crippen molar-refractivity contribution in [1.29, 1.82) is 0 Å². The van der Waals surface area contributed by atoms with E-state index in [0.717, 1.165) is 18.4 Å². The molecule has 2 aliphatic rings. The summed E-state index contributed by atoms with van der Waals surface area (Å²) in [6.07, 6.45) is 2.65. The highest BCUT2D eigenvalue weighted by Gasteiger charge is 2.29. The standard InChI is InChI=1S/C29H37N5O6/c1-19-6-3-4-8-23(19)31-28(38)32-24-10-9-22(16-25(24)40-2)26(35)34-13-5-7-20(18-34)17-30-29(39)33-14-11-21(12-15-33)27(36)37/h3-4,6,8-10,16,20-21H,5,7,11-15,17-18H2,1-2H3,(H,30,39)(H,36,37)(H2,31,32,38). The summed E-state index contributed by atoms with van der Waals surface area (Å²) in [4.78, 5) is 53.0. The largest absolute Gasteiger partial charge is 0.495 e. The van der Waals surface area contributed by atoms with Crippen LogP contribution >= 0.6 is 0 Å². The minimum atomic E-state index is -0.806. The number of hydrogen-bond donors (Lipinski definition) is 4. The third-order valence-corrected chi connectivity index (χ3v) is 7.57. The first-order valence-electron chi connectivity index (χ1n) is 13.6. The monoisotopic (exact) mass is 551 g/mol. The number of aryl methyl sites for hydroxylation is 1. The predicted octanol–water partition coefficient (Wildman–Crippen LogP) is 4.01. The first-order valence-corrected chi connectivity index (χ1v) is 13.6. The van der Waals surface area contributed by atoms with Gasteiger partial charge in [0, 0.05) is 44.0 Å². The molecule has 4 rings (SSSR count). The van der Waals surface area contributed by atoms with E-state index in [-0.39, 0.29) is 23.8 Å². The van der Waals surface area contributed by atoms with E-state index in [1.165, 1.54) is 7.11 Å². The highest BCUT2D eigenvalue weighted by atomic mass is 16.5. The molecular formula is C29H37N5O6. The van der Waals surface area contributed by atoms with Gasteiger partial charge in [0.1, 0.15) is 5.75 Å². The fourth-order valence-corrected chi connectivity index (χ4v) is 5.19. The molecule has 1 unspecified atom stereocenters. The zero-order valence-corrected chi connectivity index (χ0v) is 22.9. The van der Waals surface area contributed by atoms with Gasteiger partial charge in [-0.3, -0.25) is 9.59 Å². The Kier molecular flexibility index (Phi) is 9.47. The van der Waals surface area contributed by atoms with Crippen LogP contribution in [0, 0.1) is 18.8 Å². The maximum Gasteiger partial charge on any atom is 0.323 e. The van der Waals surface area contributed by atoms with E-state index in [2.05, 4.69) is 16.0 Å². The molecule has 0 bridgehead atoms. The summed E-state index contributed by atoms with van der Waals surface area (Å²) in [6, 6.07) is 11.8. The number of anilines is 2. The van der Waals surface area contributed by atoms with Crippen LogP contribution in [0.15, 0.2) is 42.5 Å². The Morgan fingerprint density at radius 1 is 0.950 bits per heavy atom. The smallest absolute Gasteiger partial charge is 0.323 e. The first-order chi connectivity index (χ1) is 19.2. The van der Waals surface area contributed by atoms with Gasteiger partial charge in [-0.15, -0.1) is 0 Å². The van der Waals surface area contributed by atoms with Gasteiger partial charge in [0.05, 0.1) is 18.7 Å². The van der Waals surface area contributed by atoms with Crippen LogP contribution in [0.25, 0.3) is 0 Å². The van der Waals surface area contributed by atoms with Gasteiger partial charge in [-0.25, -0.2) is 9.59 Å². The van der Waals surface area contributed by atoms with Crippen LogP contribution in [0.4, 0.5) is 21.0 Å². The number of methoxy groups -OCH3 is 1. The fourth-order valence-electron chi connectivity index (χ4n) is 5.19. The van der Waals surface area contributed by atoms with Crippen molar-refractivity contribution < 1.29 is 29.0 Å². The molecule has 2 heterocycles. The number of aliphatic carboxylic acids is 1. The van der Waals surface area contributed by atoms with Gasteiger partial charge in [0.2, 0.25) is 0 Å². The molecule has 2 saturated heterocycles. The average Bonchev–Trinajstić information content (AvgIpc) is 2.97. The maximum atomic E-state index is 13.3. The van der Waals surface area contributed by atoms with Crippen molar-refractivity contribution in [3.8, 4) is 5.75 Å². The summed E-state index contributed by atoms with van der Waals surface area (Å²) >= 11 is 0. The van der Waals surface area contributed by atoms with Crippen molar-refractivity contribution >= 4 is 35.3 Å². The van der Waals surface area contributed by atoms with Crippen molar-refractivity contribution in [2.24, 2.45) is 11.8 Å². The predicted molar refractivity (Wildman–Crippen MR) is 151 cm³/mol. The van der Waals surface area contributed by atoms with Crippen LogP contribution in [0.3, 0.4) is 0 Å². The normalized spacial score (nSPS) is 17.6. The van der Waals surface area contributed by atoms with Crippen molar-refractivity contribution in [3.63, 3.8) is 0 Å². The molecule has 11 heteroatoms. The number of piperidine rings is 2. The molecule has 0 saturated carbocycles. The summed E-state index contributed by atoms with van der Waals surface area (Å²) < 4.78 is 5.46. The summed E-state index contributed by atoms with van der Waals surface area (Å²) in [7, 11) is 1.48. The average molecular weight is 552 g/mol. The molecule has 4 N–H and O–H groups in total. The second kappa shape index (κ2) is 13.2. The fraction of sp³-hybridized carbons (Fsp3) is 0.448. The molecule has 214 valence electrons. The van der Waals surface area contributed by atoms with E-state index >= 15 is 0 Å². The van der Waals surface area contributed by atoms with E-state index in [1.54, 1.807) is 28.0 Å². The maximum absolute atomic E-state index is 13.3. The van der Waals surface area contributed by atoms with Crippen LogP contribution in [-0.4, -0.2) is 78.7 Å². The van der Waals surface area contributed by atoms with Crippen LogP contribution < -0.4 is 20.7 Å². The molecule has 1 atom stereocenters. The lowest BCUT2D eigenvalue weighted by atomic mass is 9.96. The minimum absolute atomic E-state index is 0.117. The molecule has 2 fully saturated rings. The van der Waals surface area contributed by atoms with Crippen LogP contribution in [0.1, 0.15) is 41.6 Å². The van der Waals surface area contributed by atoms with E-state index in [1.807, 2.05) is 31.2 Å². The van der Waals surface area contributed by atoms with Gasteiger partial charge in [-0.1, -0.05) is 18.2 Å². The van der Waals surface area contributed by atoms with Crippen molar-refractivity contribution in [3.05, 3.63) is 53.6 Å². The molecule has 40 heavy (non-hydrogen) atoms. The number of ether oxygens (including phenoxy) is 1. The van der Waals surface area contributed by atoms with E-state index < -0.39 is 12.0 Å². The molecule has 2 aromatic rings. The summed E-state index contributed by atoms with van der Waals surface area (Å²) in [6.45, 7) is 4.34. The lowest BCUT2D eigenvalue weighted by Gasteiger charge is -2.34. The van der Waals surface area contributed by atoms with Gasteiger partial charge < -0.3 is 35.6 Å². The number of hydrogen-bond acceptors (Lipinski definition) is 5. The topological polar surface area (TPSA) is 140 Å². The quantitative estimate of drug-likeness (QED) is 0.410. The summed E-state index contributed by atoms with van der Waals surface area (Å²) in [5.74, 6) is -0.842. The number of para-hydroxylation sites is 1. The van der Waals surface area contributed by atoms with Crippen molar-refractivity contribution in [2.75, 3.05) is 50.5 Å². The van der Waals surface area contributed by atoms with Gasteiger partial charge in [0.25, 0.3) is 5.91 Å². The second-order valence-electron chi connectivity index (χ2n) is 10.4. The number of carbonyl (C=O) groups excluding carboxylic acids is 3. The van der Waals surface area contributed by atoms with Gasteiger partial charge in [0.15, 0.2) is 0 Å². The molecule has 0 aliphatic carbocycles. The molecule has 0 aromatic heterocycles. The number of rotatable bonds is 7. The SMILES string of the molecule is COc1cc(C(=O)N2CCCC(CNC(=O)N3CCC(C(=O)O)CC3)C2)ccc1NC(=O)Nc1ccccc1C. The Morgan fingerprint density at radius 3 is 2.38 bits per heavy atom. The Balaban J connectivity index is 1.30. The number of carboxylic acids is 1. The third kappa shape index (κ3) is 7.22. The number of nitrogens with one attached hydrogen (secondary N) is 3. The molecule has 0 spiro atoms. The Morgan fingerprint density at radius 2 is 1.68 bits per heavy atom. The molecule has 2 aliphatic heterocycles. The molecule has 5 amide bonds. The Labute approximate surface area is 233 Å². The number of carbonyl (C=O) groups is 4. The summed E-state index contributed by atoms with van der Waals surface area (Å²) in [5.41, 5.74) is 2.53. The molecule has 11 nitrogen and oxygen atoms in total. The second-order valence-corrected chi connectivity index (χ2v) is 10.4. The van der Waals surface area contributed by atoms with Crippen LogP contribution in [0.2, 0.25) is 0 Å². The molecular weight excluding hydrogens is 514 g/mol. The summed E-state index contributed by atoms with van der Waals surface area (Å²) in [5, 5.41) is 17.7. The van der Waals surface area contributed by atoms with Crippen molar-refractivity contribution in [1.82, 2.24) is 15.1 Å². The van der Waals surface area contributed by atoms with Gasteiger partial charge in [-0.2, -0.15) is 0 Å². The zero-order valence-electron chi connectivity index (χ0n) is 22.9.